The van der Waals surface area contributed by atoms with Crippen molar-refractivity contribution < 1.29 is 14.9 Å². The lowest BCUT2D eigenvalue weighted by Gasteiger charge is -2.29. The molecule has 2 fully saturated rings. The van der Waals surface area contributed by atoms with Crippen molar-refractivity contribution in [2.45, 2.75) is 65.0 Å². The van der Waals surface area contributed by atoms with Crippen LogP contribution < -0.4 is 0 Å². The van der Waals surface area contributed by atoms with Crippen molar-refractivity contribution in [3.8, 4) is 0 Å². The average Bonchev–Trinajstić information content (AvgIpc) is 3.03. The number of allylic oxidation sites excluding steroid dienone is 1. The Bertz CT molecular complexity index is 575. The predicted molar refractivity (Wildman–Crippen MR) is 99.9 cm³/mol. The van der Waals surface area contributed by atoms with Crippen LogP contribution in [0.4, 0.5) is 0 Å². The first kappa shape index (κ1) is 18.6. The van der Waals surface area contributed by atoms with Crippen LogP contribution in [0.5, 0.6) is 0 Å². The number of ether oxygens (including phenoxy) is 1. The third-order valence-corrected chi connectivity index (χ3v) is 5.96. The van der Waals surface area contributed by atoms with Gasteiger partial charge in [0.15, 0.2) is 6.29 Å². The number of hydrogen-bond donors (Lipinski definition) is 2. The van der Waals surface area contributed by atoms with E-state index in [1.807, 2.05) is 0 Å². The molecule has 138 valence electrons. The lowest BCUT2D eigenvalue weighted by molar-refractivity contribution is -0.0949. The number of aliphatic hydroxyl groups excluding tert-OH is 2. The molecule has 1 aliphatic heterocycles. The van der Waals surface area contributed by atoms with Crippen molar-refractivity contribution in [3.05, 3.63) is 48.0 Å². The van der Waals surface area contributed by atoms with Crippen LogP contribution in [0.3, 0.4) is 0 Å². The summed E-state index contributed by atoms with van der Waals surface area (Å²) in [5, 5.41) is 20.1. The number of rotatable bonds is 5. The van der Waals surface area contributed by atoms with Gasteiger partial charge in [0.25, 0.3) is 0 Å². The van der Waals surface area contributed by atoms with Crippen LogP contribution in [0.2, 0.25) is 0 Å². The van der Waals surface area contributed by atoms with Gasteiger partial charge < -0.3 is 14.9 Å². The molecule has 0 aromatic heterocycles. The molecule has 0 spiro atoms. The topological polar surface area (TPSA) is 49.7 Å². The maximum Gasteiger partial charge on any atom is 0.155 e. The summed E-state index contributed by atoms with van der Waals surface area (Å²) in [6, 6.07) is 10.6. The van der Waals surface area contributed by atoms with E-state index >= 15 is 0 Å². The highest BCUT2D eigenvalue weighted by molar-refractivity contribution is 5.15. The first-order chi connectivity index (χ1) is 11.8. The Kier molecular flexibility index (Phi) is 5.67. The standard InChI is InChI=1S/C22H32O3/c1-22(2,3)16(10-9-15-7-5-4-6-8-15)11-12-17-18-13-21(24)25-20(18)14-19(17)23/h4-8,11-12,16-21,23-24H,9-10,13-14H2,1-3H3/b12-11+/t16-,17+,18+,19+,20-,21?/m0/s1. The van der Waals surface area contributed by atoms with Gasteiger partial charge in [-0.1, -0.05) is 63.3 Å². The van der Waals surface area contributed by atoms with Crippen LogP contribution in [0, 0.1) is 23.2 Å². The van der Waals surface area contributed by atoms with Crippen molar-refractivity contribution in [1.29, 1.82) is 0 Å². The molecule has 1 unspecified atom stereocenters. The van der Waals surface area contributed by atoms with E-state index in [1.54, 1.807) is 0 Å². The summed E-state index contributed by atoms with van der Waals surface area (Å²) in [7, 11) is 0. The quantitative estimate of drug-likeness (QED) is 0.796. The monoisotopic (exact) mass is 344 g/mol. The van der Waals surface area contributed by atoms with E-state index in [1.165, 1.54) is 5.56 Å². The average molecular weight is 344 g/mol. The number of aliphatic hydroxyl groups is 2. The van der Waals surface area contributed by atoms with E-state index in [-0.39, 0.29) is 29.5 Å². The zero-order chi connectivity index (χ0) is 18.0. The third kappa shape index (κ3) is 4.52. The van der Waals surface area contributed by atoms with Gasteiger partial charge in [-0.3, -0.25) is 0 Å². The molecular weight excluding hydrogens is 312 g/mol. The summed E-state index contributed by atoms with van der Waals surface area (Å²) < 4.78 is 5.53. The van der Waals surface area contributed by atoms with Crippen LogP contribution in [-0.4, -0.2) is 28.7 Å². The highest BCUT2D eigenvalue weighted by atomic mass is 16.6. The second-order valence-electron chi connectivity index (χ2n) is 8.79. The fraction of sp³-hybridized carbons (Fsp3) is 0.636. The molecule has 0 amide bonds. The zero-order valence-corrected chi connectivity index (χ0v) is 15.6. The molecule has 0 bridgehead atoms. The Balaban J connectivity index is 1.66. The van der Waals surface area contributed by atoms with Gasteiger partial charge in [-0.2, -0.15) is 0 Å². The normalized spacial score (nSPS) is 33.7. The molecule has 1 aliphatic carbocycles. The highest BCUT2D eigenvalue weighted by Crippen LogP contribution is 2.44. The molecule has 3 rings (SSSR count). The summed E-state index contributed by atoms with van der Waals surface area (Å²) in [5.74, 6) is 0.797. The minimum absolute atomic E-state index is 0.0112. The molecule has 1 aromatic carbocycles. The first-order valence-electron chi connectivity index (χ1n) is 9.58. The van der Waals surface area contributed by atoms with Crippen molar-refractivity contribution in [2.75, 3.05) is 0 Å². The third-order valence-electron chi connectivity index (χ3n) is 5.96. The van der Waals surface area contributed by atoms with Gasteiger partial charge in [0.1, 0.15) is 0 Å². The first-order valence-corrected chi connectivity index (χ1v) is 9.58. The minimum atomic E-state index is -0.658. The summed E-state index contributed by atoms with van der Waals surface area (Å²) in [5.41, 5.74) is 1.55. The molecule has 3 heteroatoms. The van der Waals surface area contributed by atoms with Crippen molar-refractivity contribution in [2.24, 2.45) is 23.2 Å². The predicted octanol–water partition coefficient (Wildman–Crippen LogP) is 3.94. The molecule has 1 aromatic rings. The summed E-state index contributed by atoms with van der Waals surface area (Å²) in [6.45, 7) is 6.84. The van der Waals surface area contributed by atoms with Crippen molar-refractivity contribution >= 4 is 0 Å². The molecule has 6 atom stereocenters. The highest BCUT2D eigenvalue weighted by Gasteiger charge is 2.47. The lowest BCUT2D eigenvalue weighted by Crippen LogP contribution is -2.22. The lowest BCUT2D eigenvalue weighted by atomic mass is 9.76. The molecule has 0 radical (unpaired) electrons. The summed E-state index contributed by atoms with van der Waals surface area (Å²) >= 11 is 0. The second kappa shape index (κ2) is 7.61. The minimum Gasteiger partial charge on any atom is -0.392 e. The van der Waals surface area contributed by atoms with Gasteiger partial charge >= 0.3 is 0 Å². The number of aryl methyl sites for hydroxylation is 1. The van der Waals surface area contributed by atoms with Gasteiger partial charge in [-0.25, -0.2) is 0 Å². The SMILES string of the molecule is CC(C)(C)[C@H](/C=C/[C@@H]1[C@H]2CC(O)O[C@H]2C[C@H]1O)CCc1ccccc1. The van der Waals surface area contributed by atoms with Gasteiger partial charge in [0.2, 0.25) is 0 Å². The van der Waals surface area contributed by atoms with Gasteiger partial charge in [0.05, 0.1) is 12.2 Å². The molecule has 1 saturated heterocycles. The number of benzene rings is 1. The maximum absolute atomic E-state index is 10.4. The van der Waals surface area contributed by atoms with E-state index in [4.69, 9.17) is 4.74 Å². The Hall–Kier alpha value is -1.16. The Morgan fingerprint density at radius 1 is 1.16 bits per heavy atom. The molecule has 2 aliphatic rings. The fourth-order valence-corrected chi connectivity index (χ4v) is 4.38. The molecule has 2 N–H and O–H groups in total. The molecular formula is C22H32O3. The smallest absolute Gasteiger partial charge is 0.155 e. The number of hydrogen-bond acceptors (Lipinski definition) is 3. The molecule has 1 saturated carbocycles. The zero-order valence-electron chi connectivity index (χ0n) is 15.6. The van der Waals surface area contributed by atoms with Gasteiger partial charge in [0, 0.05) is 18.8 Å². The van der Waals surface area contributed by atoms with Crippen molar-refractivity contribution in [1.82, 2.24) is 0 Å². The maximum atomic E-state index is 10.4. The number of fused-ring (bicyclic) bond motifs is 1. The Labute approximate surface area is 151 Å². The van der Waals surface area contributed by atoms with Crippen LogP contribution in [0.15, 0.2) is 42.5 Å². The Morgan fingerprint density at radius 3 is 2.56 bits per heavy atom. The van der Waals surface area contributed by atoms with E-state index in [0.29, 0.717) is 18.8 Å². The van der Waals surface area contributed by atoms with Crippen LogP contribution in [0.25, 0.3) is 0 Å². The summed E-state index contributed by atoms with van der Waals surface area (Å²) in [6.07, 6.45) is 6.96. The molecule has 3 nitrogen and oxygen atoms in total. The van der Waals surface area contributed by atoms with Gasteiger partial charge in [-0.15, -0.1) is 0 Å². The van der Waals surface area contributed by atoms with Crippen LogP contribution in [0.1, 0.15) is 45.6 Å². The second-order valence-corrected chi connectivity index (χ2v) is 8.79. The van der Waals surface area contributed by atoms with E-state index < -0.39 is 6.29 Å². The summed E-state index contributed by atoms with van der Waals surface area (Å²) in [4.78, 5) is 0. The Morgan fingerprint density at radius 2 is 1.88 bits per heavy atom. The van der Waals surface area contributed by atoms with E-state index in [2.05, 4.69) is 63.3 Å². The molecule has 1 heterocycles. The van der Waals surface area contributed by atoms with Crippen LogP contribution >= 0.6 is 0 Å². The molecule has 25 heavy (non-hydrogen) atoms. The fourth-order valence-electron chi connectivity index (χ4n) is 4.38. The van der Waals surface area contributed by atoms with Crippen molar-refractivity contribution in [3.63, 3.8) is 0 Å². The van der Waals surface area contributed by atoms with Gasteiger partial charge in [-0.05, 0) is 35.7 Å². The van der Waals surface area contributed by atoms with E-state index in [0.717, 1.165) is 12.8 Å². The van der Waals surface area contributed by atoms with Crippen LogP contribution in [-0.2, 0) is 11.2 Å². The van der Waals surface area contributed by atoms with E-state index in [9.17, 15) is 10.2 Å². The largest absolute Gasteiger partial charge is 0.392 e.